The zero-order valence-corrected chi connectivity index (χ0v) is 16.7. The van der Waals surface area contributed by atoms with Crippen LogP contribution in [0.25, 0.3) is 0 Å². The first kappa shape index (κ1) is 20.1. The smallest absolute Gasteiger partial charge is 0.238 e. The predicted octanol–water partition coefficient (Wildman–Crippen LogP) is 0.693. The minimum atomic E-state index is -0.388. The number of benzene rings is 1. The second-order valence-electron chi connectivity index (χ2n) is 7.70. The van der Waals surface area contributed by atoms with Crippen molar-refractivity contribution in [2.45, 2.75) is 25.8 Å². The number of nitrogens with zero attached hydrogens (tertiary/aromatic N) is 2. The Morgan fingerprint density at radius 2 is 1.89 bits per heavy atom. The Balaban J connectivity index is 1.60. The molecular formula is C20H28N4O4. The highest BCUT2D eigenvalue weighted by Crippen LogP contribution is 2.35. The summed E-state index contributed by atoms with van der Waals surface area (Å²) < 4.78 is 5.12. The molecule has 28 heavy (non-hydrogen) atoms. The minimum absolute atomic E-state index is 0.0166. The fraction of sp³-hybridized carbons (Fsp3) is 0.550. The number of anilines is 1. The van der Waals surface area contributed by atoms with Crippen LogP contribution in [0.3, 0.4) is 0 Å². The quantitative estimate of drug-likeness (QED) is 0.775. The van der Waals surface area contributed by atoms with E-state index in [2.05, 4.69) is 15.5 Å². The molecular weight excluding hydrogens is 360 g/mol. The van der Waals surface area contributed by atoms with Crippen molar-refractivity contribution in [3.8, 4) is 5.75 Å². The van der Waals surface area contributed by atoms with E-state index in [-0.39, 0.29) is 35.7 Å². The normalized spacial score (nSPS) is 24.4. The SMILES string of the molecule is COc1ccc(NC(=O)CN2CC[C@@]3(NC(C)=O)CN(C(C)=O)C[C@H]3C2)cc1. The summed E-state index contributed by atoms with van der Waals surface area (Å²) in [5.74, 6) is 0.699. The lowest BCUT2D eigenvalue weighted by Gasteiger charge is -2.43. The molecule has 3 amide bonds. The van der Waals surface area contributed by atoms with Gasteiger partial charge < -0.3 is 20.3 Å². The molecule has 0 saturated carbocycles. The van der Waals surface area contributed by atoms with Crippen LogP contribution in [0.5, 0.6) is 5.75 Å². The lowest BCUT2D eigenvalue weighted by molar-refractivity contribution is -0.128. The lowest BCUT2D eigenvalue weighted by atomic mass is 9.80. The third-order valence-corrected chi connectivity index (χ3v) is 5.66. The van der Waals surface area contributed by atoms with Gasteiger partial charge in [-0.3, -0.25) is 19.3 Å². The van der Waals surface area contributed by atoms with Gasteiger partial charge in [-0.15, -0.1) is 0 Å². The van der Waals surface area contributed by atoms with Crippen molar-refractivity contribution in [1.29, 1.82) is 0 Å². The van der Waals surface area contributed by atoms with Gasteiger partial charge in [0.15, 0.2) is 0 Å². The van der Waals surface area contributed by atoms with Crippen molar-refractivity contribution in [3.63, 3.8) is 0 Å². The number of amides is 3. The second kappa shape index (κ2) is 8.18. The maximum Gasteiger partial charge on any atom is 0.238 e. The number of methoxy groups -OCH3 is 1. The van der Waals surface area contributed by atoms with Gasteiger partial charge in [-0.25, -0.2) is 0 Å². The van der Waals surface area contributed by atoms with E-state index < -0.39 is 0 Å². The van der Waals surface area contributed by atoms with Crippen molar-refractivity contribution >= 4 is 23.4 Å². The van der Waals surface area contributed by atoms with E-state index >= 15 is 0 Å². The summed E-state index contributed by atoms with van der Waals surface area (Å²) in [6, 6.07) is 7.20. The van der Waals surface area contributed by atoms with Crippen molar-refractivity contribution in [2.24, 2.45) is 5.92 Å². The van der Waals surface area contributed by atoms with Gasteiger partial charge in [-0.05, 0) is 30.7 Å². The molecule has 2 aliphatic heterocycles. The van der Waals surface area contributed by atoms with E-state index in [1.54, 1.807) is 43.2 Å². The number of ether oxygens (including phenoxy) is 1. The van der Waals surface area contributed by atoms with Crippen LogP contribution in [-0.4, -0.2) is 72.9 Å². The fourth-order valence-corrected chi connectivity index (χ4v) is 4.27. The van der Waals surface area contributed by atoms with Gasteiger partial charge in [-0.2, -0.15) is 0 Å². The Morgan fingerprint density at radius 1 is 1.18 bits per heavy atom. The molecule has 2 saturated heterocycles. The Morgan fingerprint density at radius 3 is 2.50 bits per heavy atom. The van der Waals surface area contributed by atoms with Crippen LogP contribution in [0.4, 0.5) is 5.69 Å². The molecule has 8 heteroatoms. The molecule has 0 aromatic heterocycles. The van der Waals surface area contributed by atoms with Gasteiger partial charge in [0, 0.05) is 51.6 Å². The highest BCUT2D eigenvalue weighted by atomic mass is 16.5. The zero-order valence-electron chi connectivity index (χ0n) is 16.7. The molecule has 2 atom stereocenters. The predicted molar refractivity (Wildman–Crippen MR) is 105 cm³/mol. The lowest BCUT2D eigenvalue weighted by Crippen LogP contribution is -2.61. The number of carbonyl (C=O) groups excluding carboxylic acids is 3. The number of rotatable bonds is 5. The molecule has 0 aliphatic carbocycles. The summed E-state index contributed by atoms with van der Waals surface area (Å²) >= 11 is 0. The summed E-state index contributed by atoms with van der Waals surface area (Å²) in [5, 5.41) is 5.99. The third-order valence-electron chi connectivity index (χ3n) is 5.66. The first-order valence-electron chi connectivity index (χ1n) is 9.52. The number of carbonyl (C=O) groups is 3. The Bertz CT molecular complexity index is 751. The van der Waals surface area contributed by atoms with Gasteiger partial charge in [0.25, 0.3) is 0 Å². The van der Waals surface area contributed by atoms with Crippen molar-refractivity contribution in [1.82, 2.24) is 15.1 Å². The number of piperidine rings is 1. The number of hydrogen-bond acceptors (Lipinski definition) is 5. The summed E-state index contributed by atoms with van der Waals surface area (Å²) in [7, 11) is 1.60. The molecule has 2 aliphatic rings. The molecule has 0 radical (unpaired) electrons. The van der Waals surface area contributed by atoms with Crippen LogP contribution >= 0.6 is 0 Å². The van der Waals surface area contributed by atoms with Crippen LogP contribution in [0, 0.1) is 5.92 Å². The topological polar surface area (TPSA) is 91.0 Å². The average molecular weight is 388 g/mol. The van der Waals surface area contributed by atoms with E-state index in [1.165, 1.54) is 6.92 Å². The summed E-state index contributed by atoms with van der Waals surface area (Å²) in [6.45, 7) is 5.85. The monoisotopic (exact) mass is 388 g/mol. The van der Waals surface area contributed by atoms with Crippen LogP contribution in [0.15, 0.2) is 24.3 Å². The maximum atomic E-state index is 12.4. The number of likely N-dealkylation sites (tertiary alicyclic amines) is 2. The van der Waals surface area contributed by atoms with E-state index in [1.807, 2.05) is 0 Å². The number of nitrogens with one attached hydrogen (secondary N) is 2. The second-order valence-corrected chi connectivity index (χ2v) is 7.70. The molecule has 0 unspecified atom stereocenters. The van der Waals surface area contributed by atoms with Crippen LogP contribution in [-0.2, 0) is 14.4 Å². The Kier molecular flexibility index (Phi) is 5.88. The maximum absolute atomic E-state index is 12.4. The molecule has 2 heterocycles. The van der Waals surface area contributed by atoms with E-state index in [0.29, 0.717) is 26.2 Å². The van der Waals surface area contributed by atoms with Crippen molar-refractivity contribution in [2.75, 3.05) is 45.2 Å². The molecule has 2 fully saturated rings. The van der Waals surface area contributed by atoms with Gasteiger partial charge in [0.2, 0.25) is 17.7 Å². The van der Waals surface area contributed by atoms with Gasteiger partial charge in [0.05, 0.1) is 19.2 Å². The van der Waals surface area contributed by atoms with E-state index in [0.717, 1.165) is 17.9 Å². The molecule has 8 nitrogen and oxygen atoms in total. The summed E-state index contributed by atoms with van der Waals surface area (Å²) in [4.78, 5) is 39.9. The molecule has 2 N–H and O–H groups in total. The molecule has 1 aromatic carbocycles. The van der Waals surface area contributed by atoms with Crippen molar-refractivity contribution in [3.05, 3.63) is 24.3 Å². The Labute approximate surface area is 165 Å². The standard InChI is InChI=1S/C20H28N4O4/c1-14(25)22-20-8-9-23(10-16(20)11-24(13-20)15(2)26)12-19(27)21-17-4-6-18(28-3)7-5-17/h4-7,16H,8-13H2,1-3H3,(H,21,27)(H,22,25)/t16-,20-/m1/s1. The highest BCUT2D eigenvalue weighted by molar-refractivity contribution is 5.92. The molecule has 1 aromatic rings. The van der Waals surface area contributed by atoms with Crippen LogP contribution in [0.2, 0.25) is 0 Å². The molecule has 0 bridgehead atoms. The first-order chi connectivity index (χ1) is 13.3. The van der Waals surface area contributed by atoms with Gasteiger partial charge >= 0.3 is 0 Å². The van der Waals surface area contributed by atoms with Crippen LogP contribution in [0.1, 0.15) is 20.3 Å². The average Bonchev–Trinajstić information content (AvgIpc) is 3.00. The molecule has 0 spiro atoms. The third kappa shape index (κ3) is 4.44. The number of fused-ring (bicyclic) bond motifs is 1. The van der Waals surface area contributed by atoms with E-state index in [4.69, 9.17) is 4.74 Å². The summed E-state index contributed by atoms with van der Waals surface area (Å²) in [6.07, 6.45) is 0.719. The van der Waals surface area contributed by atoms with Crippen LogP contribution < -0.4 is 15.4 Å². The van der Waals surface area contributed by atoms with E-state index in [9.17, 15) is 14.4 Å². The molecule has 152 valence electrons. The van der Waals surface area contributed by atoms with Crippen molar-refractivity contribution < 1.29 is 19.1 Å². The minimum Gasteiger partial charge on any atom is -0.497 e. The molecule has 3 rings (SSSR count). The zero-order chi connectivity index (χ0) is 20.3. The largest absolute Gasteiger partial charge is 0.497 e. The fourth-order valence-electron chi connectivity index (χ4n) is 4.27. The summed E-state index contributed by atoms with van der Waals surface area (Å²) in [5.41, 5.74) is 0.333. The van der Waals surface area contributed by atoms with Gasteiger partial charge in [0.1, 0.15) is 5.75 Å². The Hall–Kier alpha value is -2.61. The highest BCUT2D eigenvalue weighted by Gasteiger charge is 2.50. The number of hydrogen-bond donors (Lipinski definition) is 2. The van der Waals surface area contributed by atoms with Gasteiger partial charge in [-0.1, -0.05) is 0 Å². The first-order valence-corrected chi connectivity index (χ1v) is 9.52.